The lowest BCUT2D eigenvalue weighted by atomic mass is 10.0. The molecule has 8 nitrogen and oxygen atoms in total. The summed E-state index contributed by atoms with van der Waals surface area (Å²) in [4.78, 5) is 30.8. The van der Waals surface area contributed by atoms with E-state index in [0.717, 1.165) is 35.2 Å². The molecule has 2 aromatic carbocycles. The molecule has 2 amide bonds. The van der Waals surface area contributed by atoms with E-state index in [1.807, 2.05) is 67.7 Å². The number of aromatic nitrogens is 3. The van der Waals surface area contributed by atoms with Gasteiger partial charge in [-0.25, -0.2) is 4.52 Å². The van der Waals surface area contributed by atoms with Crippen molar-refractivity contribution >= 4 is 29.1 Å². The number of anilines is 2. The Labute approximate surface area is 197 Å². The van der Waals surface area contributed by atoms with Gasteiger partial charge in [-0.3, -0.25) is 9.59 Å². The standard InChI is InChI=1S/C26H26N6O2/c1-16-15-20(12-13-21(16)24(33)27-19-10-11-19)28-26-29-23-22(5-4-14-32(23)30-26)17-6-8-18(9-7-17)25(34)31(2)3/h4-9,12-15,19H,10-11H2,1-3H3,(H,27,33)(H,28,30). The summed E-state index contributed by atoms with van der Waals surface area (Å²) in [7, 11) is 3.47. The zero-order valence-electron chi connectivity index (χ0n) is 19.4. The smallest absolute Gasteiger partial charge is 0.253 e. The number of aryl methyl sites for hydroxylation is 1. The molecule has 5 rings (SSSR count). The summed E-state index contributed by atoms with van der Waals surface area (Å²) in [5.41, 5.74) is 5.57. The van der Waals surface area contributed by atoms with Gasteiger partial charge in [0.15, 0.2) is 5.65 Å². The molecule has 8 heteroatoms. The number of carbonyl (C=O) groups excluding carboxylic acids is 2. The van der Waals surface area contributed by atoms with Gasteiger partial charge in [0.1, 0.15) is 0 Å². The fraction of sp³-hybridized carbons (Fsp3) is 0.231. The van der Waals surface area contributed by atoms with Gasteiger partial charge in [-0.15, -0.1) is 5.10 Å². The van der Waals surface area contributed by atoms with Gasteiger partial charge < -0.3 is 15.5 Å². The summed E-state index contributed by atoms with van der Waals surface area (Å²) >= 11 is 0. The maximum atomic E-state index is 12.4. The minimum absolute atomic E-state index is 0.0275. The first-order valence-electron chi connectivity index (χ1n) is 11.2. The molecular formula is C26H26N6O2. The Balaban J connectivity index is 1.39. The molecule has 2 N–H and O–H groups in total. The van der Waals surface area contributed by atoms with Crippen LogP contribution in [-0.4, -0.2) is 51.4 Å². The number of pyridine rings is 1. The molecule has 1 aliphatic carbocycles. The third-order valence-corrected chi connectivity index (χ3v) is 5.85. The fourth-order valence-corrected chi connectivity index (χ4v) is 3.85. The summed E-state index contributed by atoms with van der Waals surface area (Å²) in [6.45, 7) is 1.92. The third kappa shape index (κ3) is 4.34. The van der Waals surface area contributed by atoms with Crippen molar-refractivity contribution in [1.82, 2.24) is 24.8 Å². The van der Waals surface area contributed by atoms with Gasteiger partial charge in [0.25, 0.3) is 11.8 Å². The van der Waals surface area contributed by atoms with E-state index in [-0.39, 0.29) is 11.8 Å². The average Bonchev–Trinajstić information content (AvgIpc) is 3.54. The molecule has 1 fully saturated rings. The molecule has 2 heterocycles. The maximum Gasteiger partial charge on any atom is 0.253 e. The highest BCUT2D eigenvalue weighted by molar-refractivity contribution is 5.96. The highest BCUT2D eigenvalue weighted by Crippen LogP contribution is 2.26. The van der Waals surface area contributed by atoms with Crippen LogP contribution in [0.2, 0.25) is 0 Å². The predicted octanol–water partition coefficient (Wildman–Crippen LogP) is 4.04. The Bertz CT molecular complexity index is 1390. The molecule has 172 valence electrons. The lowest BCUT2D eigenvalue weighted by Crippen LogP contribution is -2.26. The van der Waals surface area contributed by atoms with Crippen LogP contribution in [0.25, 0.3) is 16.8 Å². The Morgan fingerprint density at radius 1 is 1.06 bits per heavy atom. The van der Waals surface area contributed by atoms with E-state index in [4.69, 9.17) is 4.98 Å². The van der Waals surface area contributed by atoms with Crippen LogP contribution in [0.4, 0.5) is 11.6 Å². The van der Waals surface area contributed by atoms with Gasteiger partial charge in [-0.05, 0) is 73.4 Å². The topological polar surface area (TPSA) is 91.6 Å². The number of benzene rings is 2. The third-order valence-electron chi connectivity index (χ3n) is 5.85. The largest absolute Gasteiger partial charge is 0.349 e. The fourth-order valence-electron chi connectivity index (χ4n) is 3.85. The molecule has 0 radical (unpaired) electrons. The van der Waals surface area contributed by atoms with E-state index in [1.165, 1.54) is 0 Å². The highest BCUT2D eigenvalue weighted by Gasteiger charge is 2.24. The molecule has 1 aliphatic rings. The second-order valence-corrected chi connectivity index (χ2v) is 8.80. The van der Waals surface area contributed by atoms with Crippen molar-refractivity contribution in [1.29, 1.82) is 0 Å². The molecule has 0 atom stereocenters. The molecule has 0 aliphatic heterocycles. The quantitative estimate of drug-likeness (QED) is 0.459. The zero-order valence-corrected chi connectivity index (χ0v) is 19.4. The van der Waals surface area contributed by atoms with Crippen molar-refractivity contribution < 1.29 is 9.59 Å². The number of carbonyl (C=O) groups is 2. The van der Waals surface area contributed by atoms with Crippen LogP contribution in [0.3, 0.4) is 0 Å². The van der Waals surface area contributed by atoms with Crippen molar-refractivity contribution in [3.63, 3.8) is 0 Å². The first kappa shape index (κ1) is 21.6. The summed E-state index contributed by atoms with van der Waals surface area (Å²) in [5, 5.41) is 10.8. The van der Waals surface area contributed by atoms with Gasteiger partial charge in [0, 0.05) is 48.7 Å². The van der Waals surface area contributed by atoms with Crippen LogP contribution < -0.4 is 10.6 Å². The molecule has 0 bridgehead atoms. The van der Waals surface area contributed by atoms with E-state index in [0.29, 0.717) is 28.8 Å². The molecule has 0 spiro atoms. The Morgan fingerprint density at radius 3 is 2.50 bits per heavy atom. The second-order valence-electron chi connectivity index (χ2n) is 8.80. The Morgan fingerprint density at radius 2 is 1.82 bits per heavy atom. The van der Waals surface area contributed by atoms with Crippen molar-refractivity contribution in [2.24, 2.45) is 0 Å². The van der Waals surface area contributed by atoms with Crippen LogP contribution in [0.1, 0.15) is 39.1 Å². The minimum atomic E-state index is -0.0370. The Kier molecular flexibility index (Phi) is 5.49. The normalized spacial score (nSPS) is 13.0. The van der Waals surface area contributed by atoms with Gasteiger partial charge in [0.2, 0.25) is 5.95 Å². The summed E-state index contributed by atoms with van der Waals surface area (Å²) in [6.07, 6.45) is 3.96. The monoisotopic (exact) mass is 454 g/mol. The molecule has 4 aromatic rings. The maximum absolute atomic E-state index is 12.4. The van der Waals surface area contributed by atoms with E-state index >= 15 is 0 Å². The van der Waals surface area contributed by atoms with E-state index < -0.39 is 0 Å². The number of nitrogens with one attached hydrogen (secondary N) is 2. The van der Waals surface area contributed by atoms with Crippen molar-refractivity contribution in [2.75, 3.05) is 19.4 Å². The average molecular weight is 455 g/mol. The zero-order chi connectivity index (χ0) is 23.8. The van der Waals surface area contributed by atoms with Gasteiger partial charge in [0.05, 0.1) is 0 Å². The minimum Gasteiger partial charge on any atom is -0.349 e. The first-order valence-corrected chi connectivity index (χ1v) is 11.2. The van der Waals surface area contributed by atoms with Crippen LogP contribution in [0.5, 0.6) is 0 Å². The van der Waals surface area contributed by atoms with Crippen molar-refractivity contribution in [3.05, 3.63) is 77.5 Å². The SMILES string of the molecule is Cc1cc(Nc2nc3c(-c4ccc(C(=O)N(C)C)cc4)cccn3n2)ccc1C(=O)NC1CC1. The van der Waals surface area contributed by atoms with Crippen molar-refractivity contribution in [3.8, 4) is 11.1 Å². The van der Waals surface area contributed by atoms with Crippen LogP contribution in [0, 0.1) is 6.92 Å². The first-order chi connectivity index (χ1) is 16.4. The van der Waals surface area contributed by atoms with Crippen LogP contribution >= 0.6 is 0 Å². The molecular weight excluding hydrogens is 428 g/mol. The van der Waals surface area contributed by atoms with Gasteiger partial charge >= 0.3 is 0 Å². The lowest BCUT2D eigenvalue weighted by molar-refractivity contribution is 0.0827. The number of rotatable bonds is 6. The van der Waals surface area contributed by atoms with E-state index in [1.54, 1.807) is 23.5 Å². The Hall–Kier alpha value is -4.20. The van der Waals surface area contributed by atoms with E-state index in [2.05, 4.69) is 15.7 Å². The highest BCUT2D eigenvalue weighted by atomic mass is 16.2. The number of fused-ring (bicyclic) bond motifs is 1. The number of nitrogens with zero attached hydrogens (tertiary/aromatic N) is 4. The van der Waals surface area contributed by atoms with Crippen molar-refractivity contribution in [2.45, 2.75) is 25.8 Å². The van der Waals surface area contributed by atoms with Crippen LogP contribution in [-0.2, 0) is 0 Å². The van der Waals surface area contributed by atoms with E-state index in [9.17, 15) is 9.59 Å². The number of amides is 2. The number of hydrogen-bond acceptors (Lipinski definition) is 5. The molecule has 34 heavy (non-hydrogen) atoms. The summed E-state index contributed by atoms with van der Waals surface area (Å²) in [6, 6.07) is 17.3. The van der Waals surface area contributed by atoms with Crippen LogP contribution in [0.15, 0.2) is 60.8 Å². The molecule has 0 saturated heterocycles. The summed E-state index contributed by atoms with van der Waals surface area (Å²) < 4.78 is 1.72. The summed E-state index contributed by atoms with van der Waals surface area (Å²) in [5.74, 6) is 0.395. The number of hydrogen-bond donors (Lipinski definition) is 2. The second kappa shape index (κ2) is 8.62. The predicted molar refractivity (Wildman–Crippen MR) is 131 cm³/mol. The van der Waals surface area contributed by atoms with Gasteiger partial charge in [-0.1, -0.05) is 12.1 Å². The molecule has 0 unspecified atom stereocenters. The van der Waals surface area contributed by atoms with Gasteiger partial charge in [-0.2, -0.15) is 4.98 Å². The molecule has 1 saturated carbocycles. The lowest BCUT2D eigenvalue weighted by Gasteiger charge is -2.10. The molecule has 2 aromatic heterocycles.